The zero-order valence-electron chi connectivity index (χ0n) is 10.1. The number of rotatable bonds is 3. The van der Waals surface area contributed by atoms with Crippen molar-refractivity contribution in [2.24, 2.45) is 16.6 Å². The summed E-state index contributed by atoms with van der Waals surface area (Å²) in [7, 11) is 0. The van der Waals surface area contributed by atoms with E-state index in [1.807, 2.05) is 19.1 Å². The van der Waals surface area contributed by atoms with Crippen LogP contribution in [-0.4, -0.2) is 17.9 Å². The molecular weight excluding hydrogens is 218 g/mol. The molecule has 1 heterocycles. The molecule has 0 aromatic rings. The van der Waals surface area contributed by atoms with Crippen molar-refractivity contribution in [2.75, 3.05) is 0 Å². The number of hydrogen-bond donors (Lipinski definition) is 2. The number of carbonyl (C=O) groups is 2. The van der Waals surface area contributed by atoms with Gasteiger partial charge in [-0.05, 0) is 24.8 Å². The molecule has 1 amide bonds. The molecule has 5 nitrogen and oxygen atoms in total. The first-order valence-electron chi connectivity index (χ1n) is 5.56. The molecule has 92 valence electrons. The van der Waals surface area contributed by atoms with Crippen molar-refractivity contribution in [3.8, 4) is 0 Å². The normalized spacial score (nSPS) is 27.8. The standard InChI is InChI=1S/C12H17N3O2/c1-3-9-4-5-11(13)14-7-10(6-9)15-12(17)8(2)16/h5-7,9H,3-4,13H2,1-2H3,(H,15,17)/b10-6+,11-5+,14-7-. The molecule has 0 saturated heterocycles. The Labute approximate surface area is 100 Å². The average molecular weight is 235 g/mol. The van der Waals surface area contributed by atoms with Crippen molar-refractivity contribution in [3.63, 3.8) is 0 Å². The number of aliphatic imine (C=N–C) groups is 1. The number of amides is 1. The van der Waals surface area contributed by atoms with Gasteiger partial charge in [-0.3, -0.25) is 9.59 Å². The maximum atomic E-state index is 11.3. The molecule has 0 saturated carbocycles. The molecule has 5 heteroatoms. The Hall–Kier alpha value is -1.91. The second-order valence-corrected chi connectivity index (χ2v) is 3.92. The van der Waals surface area contributed by atoms with Crippen LogP contribution in [0, 0.1) is 5.92 Å². The van der Waals surface area contributed by atoms with E-state index in [0.717, 1.165) is 12.8 Å². The van der Waals surface area contributed by atoms with Gasteiger partial charge in [0.05, 0.1) is 11.9 Å². The van der Waals surface area contributed by atoms with Crippen LogP contribution in [-0.2, 0) is 9.59 Å². The molecule has 17 heavy (non-hydrogen) atoms. The van der Waals surface area contributed by atoms with Crippen LogP contribution in [0.4, 0.5) is 0 Å². The molecule has 1 aliphatic heterocycles. The lowest BCUT2D eigenvalue weighted by molar-refractivity contribution is -0.136. The number of nitrogens with zero attached hydrogens (tertiary/aromatic N) is 1. The molecule has 0 radical (unpaired) electrons. The van der Waals surface area contributed by atoms with Gasteiger partial charge in [-0.25, -0.2) is 4.99 Å². The highest BCUT2D eigenvalue weighted by Crippen LogP contribution is 2.15. The molecule has 1 rings (SSSR count). The number of nitrogens with two attached hydrogens (primary N) is 1. The fraction of sp³-hybridized carbons (Fsp3) is 0.417. The predicted molar refractivity (Wildman–Crippen MR) is 66.1 cm³/mol. The number of carbonyl (C=O) groups excluding carboxylic acids is 2. The van der Waals surface area contributed by atoms with E-state index in [2.05, 4.69) is 10.3 Å². The van der Waals surface area contributed by atoms with Crippen molar-refractivity contribution >= 4 is 17.9 Å². The summed E-state index contributed by atoms with van der Waals surface area (Å²) in [5.41, 5.74) is 6.15. The maximum absolute atomic E-state index is 11.3. The van der Waals surface area contributed by atoms with E-state index >= 15 is 0 Å². The van der Waals surface area contributed by atoms with Crippen LogP contribution in [0.3, 0.4) is 0 Å². The Bertz CT molecular complexity index is 408. The largest absolute Gasteiger partial charge is 0.384 e. The summed E-state index contributed by atoms with van der Waals surface area (Å²) in [5, 5.41) is 2.51. The van der Waals surface area contributed by atoms with Gasteiger partial charge in [-0.2, -0.15) is 0 Å². The summed E-state index contributed by atoms with van der Waals surface area (Å²) < 4.78 is 0. The minimum atomic E-state index is -0.638. The van der Waals surface area contributed by atoms with Gasteiger partial charge in [-0.15, -0.1) is 0 Å². The van der Waals surface area contributed by atoms with Crippen LogP contribution in [0.15, 0.2) is 28.7 Å². The van der Waals surface area contributed by atoms with E-state index in [-0.39, 0.29) is 5.92 Å². The fourth-order valence-electron chi connectivity index (χ4n) is 1.41. The highest BCUT2D eigenvalue weighted by Gasteiger charge is 2.11. The van der Waals surface area contributed by atoms with Crippen LogP contribution in [0.2, 0.25) is 0 Å². The minimum Gasteiger partial charge on any atom is -0.384 e. The smallest absolute Gasteiger partial charge is 0.291 e. The van der Waals surface area contributed by atoms with Gasteiger partial charge >= 0.3 is 0 Å². The van der Waals surface area contributed by atoms with E-state index in [9.17, 15) is 9.59 Å². The summed E-state index contributed by atoms with van der Waals surface area (Å²) in [6.07, 6.45) is 6.92. The third kappa shape index (κ3) is 4.22. The Kier molecular flexibility index (Phi) is 4.63. The predicted octanol–water partition coefficient (Wildman–Crippen LogP) is 0.876. The van der Waals surface area contributed by atoms with Crippen molar-refractivity contribution in [3.05, 3.63) is 23.7 Å². The Morgan fingerprint density at radius 1 is 1.59 bits per heavy atom. The van der Waals surface area contributed by atoms with Crippen molar-refractivity contribution in [2.45, 2.75) is 26.7 Å². The molecule has 1 aliphatic rings. The van der Waals surface area contributed by atoms with Crippen LogP contribution < -0.4 is 11.1 Å². The van der Waals surface area contributed by atoms with Gasteiger partial charge in [0.2, 0.25) is 5.78 Å². The van der Waals surface area contributed by atoms with E-state index in [4.69, 9.17) is 5.73 Å². The first kappa shape index (κ1) is 13.2. The molecule has 0 aromatic heterocycles. The lowest BCUT2D eigenvalue weighted by Crippen LogP contribution is -2.29. The van der Waals surface area contributed by atoms with Crippen LogP contribution >= 0.6 is 0 Å². The summed E-state index contributed by atoms with van der Waals surface area (Å²) in [5.74, 6) is -0.465. The van der Waals surface area contributed by atoms with Crippen LogP contribution in [0.25, 0.3) is 0 Å². The summed E-state index contributed by atoms with van der Waals surface area (Å²) >= 11 is 0. The molecule has 0 aliphatic carbocycles. The van der Waals surface area contributed by atoms with E-state index in [1.54, 1.807) is 0 Å². The monoisotopic (exact) mass is 235 g/mol. The van der Waals surface area contributed by atoms with Crippen molar-refractivity contribution in [1.29, 1.82) is 0 Å². The van der Waals surface area contributed by atoms with Gasteiger partial charge in [0.1, 0.15) is 5.82 Å². The molecule has 1 unspecified atom stereocenters. The highest BCUT2D eigenvalue weighted by molar-refractivity contribution is 6.36. The molecule has 1 atom stereocenters. The molecule has 0 aromatic carbocycles. The van der Waals surface area contributed by atoms with Crippen molar-refractivity contribution in [1.82, 2.24) is 5.32 Å². The second-order valence-electron chi connectivity index (χ2n) is 3.92. The maximum Gasteiger partial charge on any atom is 0.291 e. The van der Waals surface area contributed by atoms with E-state index in [0.29, 0.717) is 11.5 Å². The SMILES string of the molecule is CCC1\C=C(NC(=O)C(C)=O)/C=N\C(N)=C\C1. The Balaban J connectivity index is 2.87. The van der Waals surface area contributed by atoms with E-state index < -0.39 is 11.7 Å². The van der Waals surface area contributed by atoms with Gasteiger partial charge < -0.3 is 11.1 Å². The van der Waals surface area contributed by atoms with E-state index in [1.165, 1.54) is 13.1 Å². The fourth-order valence-corrected chi connectivity index (χ4v) is 1.41. The number of Topliss-reactive ketones (excluding diaryl/α,β-unsaturated/α-hetero) is 1. The van der Waals surface area contributed by atoms with Crippen LogP contribution in [0.1, 0.15) is 26.7 Å². The highest BCUT2D eigenvalue weighted by atomic mass is 16.2. The number of ketones is 1. The topological polar surface area (TPSA) is 84.5 Å². The first-order valence-corrected chi connectivity index (χ1v) is 5.56. The third-order valence-corrected chi connectivity index (χ3v) is 2.50. The third-order valence-electron chi connectivity index (χ3n) is 2.50. The number of hydrogen-bond acceptors (Lipinski definition) is 4. The van der Waals surface area contributed by atoms with Gasteiger partial charge in [0, 0.05) is 6.92 Å². The number of allylic oxidation sites excluding steroid dienone is 3. The van der Waals surface area contributed by atoms with Gasteiger partial charge in [0.15, 0.2) is 0 Å². The zero-order chi connectivity index (χ0) is 12.8. The van der Waals surface area contributed by atoms with Gasteiger partial charge in [-0.1, -0.05) is 13.0 Å². The molecule has 0 spiro atoms. The lowest BCUT2D eigenvalue weighted by atomic mass is 10.00. The Morgan fingerprint density at radius 3 is 2.88 bits per heavy atom. The van der Waals surface area contributed by atoms with Gasteiger partial charge in [0.25, 0.3) is 5.91 Å². The minimum absolute atomic E-state index is 0.280. The van der Waals surface area contributed by atoms with Crippen molar-refractivity contribution < 1.29 is 9.59 Å². The van der Waals surface area contributed by atoms with Crippen LogP contribution in [0.5, 0.6) is 0 Å². The summed E-state index contributed by atoms with van der Waals surface area (Å²) in [4.78, 5) is 26.1. The molecule has 0 bridgehead atoms. The first-order chi connectivity index (χ1) is 8.02. The Morgan fingerprint density at radius 2 is 2.29 bits per heavy atom. The number of nitrogens with one attached hydrogen (secondary N) is 1. The summed E-state index contributed by atoms with van der Waals surface area (Å²) in [6, 6.07) is 0. The lowest BCUT2D eigenvalue weighted by Gasteiger charge is -2.12. The summed E-state index contributed by atoms with van der Waals surface area (Å²) in [6.45, 7) is 3.27. The molecular formula is C12H17N3O2. The zero-order valence-corrected chi connectivity index (χ0v) is 10.1. The quantitative estimate of drug-likeness (QED) is 0.712. The molecule has 0 fully saturated rings. The average Bonchev–Trinajstić information content (AvgIpc) is 2.28. The molecule has 3 N–H and O–H groups in total. The second kappa shape index (κ2) is 5.98.